The predicted octanol–water partition coefficient (Wildman–Crippen LogP) is 5.88. The molecule has 2 aromatic rings. The van der Waals surface area contributed by atoms with E-state index in [1.807, 2.05) is 31.2 Å². The highest BCUT2D eigenvalue weighted by Gasteiger charge is 2.37. The molecule has 0 atom stereocenters. The standard InChI is InChI=1S/C23H28O2/c1-6-25-21(24)18-10-8-7-9-17(18)16-11-12-19-20(15-16)23(4,5)14-13-22(19,2)3/h7-12,15H,6,13-14H2,1-5H3. The van der Waals surface area contributed by atoms with Gasteiger partial charge in [0.1, 0.15) is 0 Å². The summed E-state index contributed by atoms with van der Waals surface area (Å²) in [6.07, 6.45) is 2.38. The maximum absolute atomic E-state index is 12.3. The molecule has 0 amide bonds. The van der Waals surface area contributed by atoms with Crippen molar-refractivity contribution in [3.05, 3.63) is 59.2 Å². The lowest BCUT2D eigenvalue weighted by Gasteiger charge is -2.42. The number of esters is 1. The number of carbonyl (C=O) groups excluding carboxylic acids is 1. The maximum Gasteiger partial charge on any atom is 0.338 e. The molecule has 2 heteroatoms. The van der Waals surface area contributed by atoms with Gasteiger partial charge in [-0.2, -0.15) is 0 Å². The summed E-state index contributed by atoms with van der Waals surface area (Å²) >= 11 is 0. The highest BCUT2D eigenvalue weighted by atomic mass is 16.5. The summed E-state index contributed by atoms with van der Waals surface area (Å²) in [4.78, 5) is 12.3. The van der Waals surface area contributed by atoms with Crippen LogP contribution < -0.4 is 0 Å². The first-order valence-electron chi connectivity index (χ1n) is 9.18. The van der Waals surface area contributed by atoms with Gasteiger partial charge in [0, 0.05) is 0 Å². The number of hydrogen-bond acceptors (Lipinski definition) is 2. The number of ether oxygens (including phenoxy) is 1. The van der Waals surface area contributed by atoms with Crippen molar-refractivity contribution in [1.82, 2.24) is 0 Å². The van der Waals surface area contributed by atoms with E-state index in [9.17, 15) is 4.79 Å². The molecular formula is C23H28O2. The van der Waals surface area contributed by atoms with Gasteiger partial charge in [-0.1, -0.05) is 64.1 Å². The molecule has 2 nitrogen and oxygen atoms in total. The summed E-state index contributed by atoms with van der Waals surface area (Å²) in [7, 11) is 0. The molecule has 0 heterocycles. The smallest absolute Gasteiger partial charge is 0.338 e. The molecule has 0 radical (unpaired) electrons. The zero-order valence-corrected chi connectivity index (χ0v) is 16.0. The Kier molecular flexibility index (Phi) is 4.49. The van der Waals surface area contributed by atoms with Crippen LogP contribution in [-0.2, 0) is 15.6 Å². The summed E-state index contributed by atoms with van der Waals surface area (Å²) in [5.74, 6) is -0.254. The van der Waals surface area contributed by atoms with Crippen molar-refractivity contribution in [3.8, 4) is 11.1 Å². The Morgan fingerprint density at radius 3 is 2.28 bits per heavy atom. The summed E-state index contributed by atoms with van der Waals surface area (Å²) in [6.45, 7) is 11.5. The summed E-state index contributed by atoms with van der Waals surface area (Å²) in [5.41, 5.74) is 5.86. The molecule has 0 aromatic heterocycles. The fourth-order valence-electron chi connectivity index (χ4n) is 3.88. The number of carbonyl (C=O) groups is 1. The van der Waals surface area contributed by atoms with E-state index in [0.717, 1.165) is 11.1 Å². The van der Waals surface area contributed by atoms with E-state index in [4.69, 9.17) is 4.74 Å². The van der Waals surface area contributed by atoms with Gasteiger partial charge in [0.05, 0.1) is 12.2 Å². The lowest BCUT2D eigenvalue weighted by Crippen LogP contribution is -2.33. The number of benzene rings is 2. The van der Waals surface area contributed by atoms with Crippen LogP contribution in [0.3, 0.4) is 0 Å². The van der Waals surface area contributed by atoms with E-state index >= 15 is 0 Å². The molecule has 3 rings (SSSR count). The molecule has 2 aromatic carbocycles. The Hall–Kier alpha value is -2.09. The highest BCUT2D eigenvalue weighted by molar-refractivity contribution is 5.97. The molecule has 0 spiro atoms. The normalized spacial score (nSPS) is 17.6. The van der Waals surface area contributed by atoms with E-state index in [1.165, 1.54) is 24.0 Å². The zero-order valence-electron chi connectivity index (χ0n) is 16.0. The lowest BCUT2D eigenvalue weighted by molar-refractivity contribution is 0.0527. The van der Waals surface area contributed by atoms with Crippen LogP contribution in [0.2, 0.25) is 0 Å². The van der Waals surface area contributed by atoms with E-state index < -0.39 is 0 Å². The highest BCUT2D eigenvalue weighted by Crippen LogP contribution is 2.46. The van der Waals surface area contributed by atoms with Gasteiger partial charge in [-0.25, -0.2) is 4.79 Å². The van der Waals surface area contributed by atoms with Crippen LogP contribution in [0.4, 0.5) is 0 Å². The van der Waals surface area contributed by atoms with Crippen molar-refractivity contribution in [2.75, 3.05) is 6.61 Å². The van der Waals surface area contributed by atoms with Gasteiger partial charge in [-0.3, -0.25) is 0 Å². The lowest BCUT2D eigenvalue weighted by atomic mass is 9.63. The maximum atomic E-state index is 12.3. The van der Waals surface area contributed by atoms with Crippen LogP contribution in [0, 0.1) is 0 Å². The molecular weight excluding hydrogens is 308 g/mol. The van der Waals surface area contributed by atoms with Gasteiger partial charge in [0.15, 0.2) is 0 Å². The Balaban J connectivity index is 2.14. The van der Waals surface area contributed by atoms with Crippen molar-refractivity contribution >= 4 is 5.97 Å². The first kappa shape index (κ1) is 17.7. The van der Waals surface area contributed by atoms with Crippen LogP contribution in [0.15, 0.2) is 42.5 Å². The quantitative estimate of drug-likeness (QED) is 0.654. The third-order valence-electron chi connectivity index (χ3n) is 5.59. The monoisotopic (exact) mass is 336 g/mol. The summed E-state index contributed by atoms with van der Waals surface area (Å²) in [5, 5.41) is 0. The minimum absolute atomic E-state index is 0.153. The zero-order chi connectivity index (χ0) is 18.2. The van der Waals surface area contributed by atoms with Crippen LogP contribution in [0.1, 0.15) is 68.9 Å². The van der Waals surface area contributed by atoms with Gasteiger partial charge in [0.25, 0.3) is 0 Å². The SMILES string of the molecule is CCOC(=O)c1ccccc1-c1ccc2c(c1)C(C)(C)CCC2(C)C. The molecule has 132 valence electrons. The van der Waals surface area contributed by atoms with Gasteiger partial charge in [0.2, 0.25) is 0 Å². The molecule has 0 fully saturated rings. The molecule has 0 N–H and O–H groups in total. The first-order valence-corrected chi connectivity index (χ1v) is 9.18. The largest absolute Gasteiger partial charge is 0.462 e. The van der Waals surface area contributed by atoms with Crippen LogP contribution in [0.25, 0.3) is 11.1 Å². The van der Waals surface area contributed by atoms with Crippen molar-refractivity contribution < 1.29 is 9.53 Å². The van der Waals surface area contributed by atoms with Crippen LogP contribution >= 0.6 is 0 Å². The Morgan fingerprint density at radius 2 is 1.60 bits per heavy atom. The second-order valence-electron chi connectivity index (χ2n) is 8.29. The predicted molar refractivity (Wildman–Crippen MR) is 103 cm³/mol. The summed E-state index contributed by atoms with van der Waals surface area (Å²) < 4.78 is 5.24. The van der Waals surface area contributed by atoms with Crippen molar-refractivity contribution in [2.45, 2.75) is 58.3 Å². The van der Waals surface area contributed by atoms with E-state index in [0.29, 0.717) is 12.2 Å². The Bertz CT molecular complexity index is 799. The van der Waals surface area contributed by atoms with E-state index in [2.05, 4.69) is 45.9 Å². The molecule has 25 heavy (non-hydrogen) atoms. The number of hydrogen-bond donors (Lipinski definition) is 0. The molecule has 0 bridgehead atoms. The fraction of sp³-hybridized carbons (Fsp3) is 0.435. The number of fused-ring (bicyclic) bond motifs is 1. The minimum Gasteiger partial charge on any atom is -0.462 e. The van der Waals surface area contributed by atoms with Gasteiger partial charge in [-0.15, -0.1) is 0 Å². The van der Waals surface area contributed by atoms with Crippen molar-refractivity contribution in [1.29, 1.82) is 0 Å². The Morgan fingerprint density at radius 1 is 0.960 bits per heavy atom. The minimum atomic E-state index is -0.254. The van der Waals surface area contributed by atoms with Crippen molar-refractivity contribution in [3.63, 3.8) is 0 Å². The number of rotatable bonds is 3. The van der Waals surface area contributed by atoms with E-state index in [-0.39, 0.29) is 16.8 Å². The topological polar surface area (TPSA) is 26.3 Å². The first-order chi connectivity index (χ1) is 11.8. The molecule has 0 saturated heterocycles. The Labute approximate surface area is 151 Å². The van der Waals surface area contributed by atoms with Crippen molar-refractivity contribution in [2.24, 2.45) is 0 Å². The molecule has 1 aliphatic rings. The molecule has 1 aliphatic carbocycles. The average Bonchev–Trinajstić information content (AvgIpc) is 2.59. The van der Waals surface area contributed by atoms with Gasteiger partial charge in [-0.05, 0) is 58.9 Å². The van der Waals surface area contributed by atoms with E-state index in [1.54, 1.807) is 0 Å². The molecule has 0 saturated carbocycles. The molecule has 0 aliphatic heterocycles. The average molecular weight is 336 g/mol. The third kappa shape index (κ3) is 3.22. The second-order valence-corrected chi connectivity index (χ2v) is 8.29. The van der Waals surface area contributed by atoms with Crippen LogP contribution in [0.5, 0.6) is 0 Å². The molecule has 0 unspecified atom stereocenters. The van der Waals surface area contributed by atoms with Gasteiger partial charge >= 0.3 is 5.97 Å². The second kappa shape index (κ2) is 6.33. The summed E-state index contributed by atoms with van der Waals surface area (Å²) in [6, 6.07) is 14.4. The fourth-order valence-corrected chi connectivity index (χ4v) is 3.88. The van der Waals surface area contributed by atoms with Crippen LogP contribution in [-0.4, -0.2) is 12.6 Å². The third-order valence-corrected chi connectivity index (χ3v) is 5.59. The van der Waals surface area contributed by atoms with Gasteiger partial charge < -0.3 is 4.74 Å².